The van der Waals surface area contributed by atoms with Crippen LogP contribution in [0.3, 0.4) is 0 Å². The zero-order valence-electron chi connectivity index (χ0n) is 10.4. The van der Waals surface area contributed by atoms with Crippen molar-refractivity contribution in [3.05, 3.63) is 36.0 Å². The summed E-state index contributed by atoms with van der Waals surface area (Å²) < 4.78 is 18.5. The fourth-order valence-electron chi connectivity index (χ4n) is 1.70. The lowest BCUT2D eigenvalue weighted by atomic mass is 10.1. The van der Waals surface area contributed by atoms with E-state index in [9.17, 15) is 4.39 Å². The van der Waals surface area contributed by atoms with Crippen LogP contribution in [0.2, 0.25) is 0 Å². The predicted octanol–water partition coefficient (Wildman–Crippen LogP) is 2.63. The van der Waals surface area contributed by atoms with Crippen LogP contribution < -0.4 is 10.5 Å². The highest BCUT2D eigenvalue weighted by atomic mass is 19.1. The van der Waals surface area contributed by atoms with Crippen LogP contribution in [0.5, 0.6) is 5.75 Å². The Labute approximate surface area is 105 Å². The minimum Gasteiger partial charge on any atom is -0.494 e. The predicted molar refractivity (Wildman–Crippen MR) is 67.8 cm³/mol. The van der Waals surface area contributed by atoms with E-state index in [1.54, 1.807) is 18.3 Å². The third-order valence-electron chi connectivity index (χ3n) is 2.85. The number of aromatic amines is 1. The standard InChI is InChI=1S/C13H16FN3O/c1-3-10(15)13-16-7-11(17-13)8-4-5-12(18-2)9(14)6-8/h4-7,10H,3,15H2,1-2H3,(H,16,17). The number of hydrogen-bond donors (Lipinski definition) is 2. The van der Waals surface area contributed by atoms with E-state index in [1.165, 1.54) is 13.2 Å². The van der Waals surface area contributed by atoms with Gasteiger partial charge in [-0.15, -0.1) is 0 Å². The summed E-state index contributed by atoms with van der Waals surface area (Å²) in [6.45, 7) is 1.99. The summed E-state index contributed by atoms with van der Waals surface area (Å²) in [5, 5.41) is 0. The zero-order valence-corrected chi connectivity index (χ0v) is 10.4. The van der Waals surface area contributed by atoms with Crippen molar-refractivity contribution < 1.29 is 9.13 Å². The van der Waals surface area contributed by atoms with Crippen LogP contribution >= 0.6 is 0 Å². The number of methoxy groups -OCH3 is 1. The number of nitrogens with two attached hydrogens (primary N) is 1. The summed E-state index contributed by atoms with van der Waals surface area (Å²) in [6, 6.07) is 4.65. The highest BCUT2D eigenvalue weighted by Crippen LogP contribution is 2.25. The van der Waals surface area contributed by atoms with Gasteiger partial charge < -0.3 is 15.5 Å². The van der Waals surface area contributed by atoms with Gasteiger partial charge in [0.1, 0.15) is 5.82 Å². The van der Waals surface area contributed by atoms with Crippen LogP contribution in [0.25, 0.3) is 11.3 Å². The van der Waals surface area contributed by atoms with Crippen molar-refractivity contribution in [3.63, 3.8) is 0 Å². The van der Waals surface area contributed by atoms with Gasteiger partial charge in [0.25, 0.3) is 0 Å². The highest BCUT2D eigenvalue weighted by Gasteiger charge is 2.10. The van der Waals surface area contributed by atoms with Crippen LogP contribution in [0.15, 0.2) is 24.4 Å². The van der Waals surface area contributed by atoms with Crippen LogP contribution in [-0.4, -0.2) is 17.1 Å². The average molecular weight is 249 g/mol. The molecule has 0 aliphatic rings. The number of rotatable bonds is 4. The molecule has 0 saturated heterocycles. The SMILES string of the molecule is CCC(N)c1ncc(-c2ccc(OC)c(F)c2)[nH]1. The van der Waals surface area contributed by atoms with E-state index >= 15 is 0 Å². The molecule has 0 bridgehead atoms. The third kappa shape index (κ3) is 2.36. The van der Waals surface area contributed by atoms with Gasteiger partial charge in [0, 0.05) is 5.56 Å². The molecular weight excluding hydrogens is 233 g/mol. The molecule has 3 N–H and O–H groups in total. The first kappa shape index (κ1) is 12.6. The van der Waals surface area contributed by atoms with Crippen LogP contribution in [-0.2, 0) is 0 Å². The Morgan fingerprint density at radius 1 is 1.50 bits per heavy atom. The molecule has 0 fully saturated rings. The molecule has 18 heavy (non-hydrogen) atoms. The van der Waals surface area contributed by atoms with Crippen LogP contribution in [0, 0.1) is 5.82 Å². The van der Waals surface area contributed by atoms with E-state index in [4.69, 9.17) is 10.5 Å². The fraction of sp³-hybridized carbons (Fsp3) is 0.308. The molecule has 4 nitrogen and oxygen atoms in total. The molecule has 1 heterocycles. The van der Waals surface area contributed by atoms with Gasteiger partial charge in [-0.25, -0.2) is 9.37 Å². The first-order valence-corrected chi connectivity index (χ1v) is 5.80. The summed E-state index contributed by atoms with van der Waals surface area (Å²) in [6.07, 6.45) is 2.45. The van der Waals surface area contributed by atoms with Crippen molar-refractivity contribution in [1.29, 1.82) is 0 Å². The molecule has 0 aliphatic carbocycles. The summed E-state index contributed by atoms with van der Waals surface area (Å²) >= 11 is 0. The Hall–Kier alpha value is -1.88. The molecule has 2 rings (SSSR count). The molecule has 1 aromatic heterocycles. The normalized spacial score (nSPS) is 12.4. The van der Waals surface area contributed by atoms with Gasteiger partial charge >= 0.3 is 0 Å². The molecular formula is C13H16FN3O. The Morgan fingerprint density at radius 2 is 2.28 bits per heavy atom. The van der Waals surface area contributed by atoms with Gasteiger partial charge in [0.05, 0.1) is 25.0 Å². The number of nitrogens with one attached hydrogen (secondary N) is 1. The van der Waals surface area contributed by atoms with Crippen molar-refractivity contribution in [2.45, 2.75) is 19.4 Å². The summed E-state index contributed by atoms with van der Waals surface area (Å²) in [4.78, 5) is 7.30. The molecule has 0 radical (unpaired) electrons. The number of H-pyrrole nitrogens is 1. The molecule has 2 aromatic rings. The van der Waals surface area contributed by atoms with Crippen molar-refractivity contribution >= 4 is 0 Å². The Morgan fingerprint density at radius 3 is 2.89 bits per heavy atom. The van der Waals surface area contributed by atoms with E-state index in [1.807, 2.05) is 6.92 Å². The topological polar surface area (TPSA) is 63.9 Å². The number of hydrogen-bond acceptors (Lipinski definition) is 3. The lowest BCUT2D eigenvalue weighted by Gasteiger charge is -2.05. The van der Waals surface area contributed by atoms with E-state index < -0.39 is 5.82 Å². The maximum absolute atomic E-state index is 13.6. The van der Waals surface area contributed by atoms with Crippen LogP contribution in [0.4, 0.5) is 4.39 Å². The largest absolute Gasteiger partial charge is 0.494 e. The second kappa shape index (κ2) is 5.18. The van der Waals surface area contributed by atoms with Gasteiger partial charge in [-0.1, -0.05) is 6.92 Å². The van der Waals surface area contributed by atoms with E-state index in [2.05, 4.69) is 9.97 Å². The lowest BCUT2D eigenvalue weighted by Crippen LogP contribution is -2.10. The van der Waals surface area contributed by atoms with Crippen LogP contribution in [0.1, 0.15) is 25.2 Å². The Bertz CT molecular complexity index is 539. The smallest absolute Gasteiger partial charge is 0.165 e. The number of halogens is 1. The van der Waals surface area contributed by atoms with Crippen molar-refractivity contribution in [2.24, 2.45) is 5.73 Å². The van der Waals surface area contributed by atoms with Gasteiger partial charge in [-0.2, -0.15) is 0 Å². The summed E-state index contributed by atoms with van der Waals surface area (Å²) in [7, 11) is 1.44. The quantitative estimate of drug-likeness (QED) is 0.875. The number of nitrogens with zero attached hydrogens (tertiary/aromatic N) is 1. The third-order valence-corrected chi connectivity index (χ3v) is 2.85. The van der Waals surface area contributed by atoms with E-state index in [0.717, 1.165) is 17.7 Å². The Balaban J connectivity index is 2.31. The maximum Gasteiger partial charge on any atom is 0.165 e. The first-order valence-electron chi connectivity index (χ1n) is 5.80. The average Bonchev–Trinajstić information content (AvgIpc) is 2.87. The van der Waals surface area contributed by atoms with Gasteiger partial charge in [-0.3, -0.25) is 0 Å². The lowest BCUT2D eigenvalue weighted by molar-refractivity contribution is 0.386. The van der Waals surface area contributed by atoms with E-state index in [-0.39, 0.29) is 11.8 Å². The molecule has 0 amide bonds. The van der Waals surface area contributed by atoms with Gasteiger partial charge in [0.2, 0.25) is 0 Å². The minimum absolute atomic E-state index is 0.123. The molecule has 1 unspecified atom stereocenters. The molecule has 0 spiro atoms. The number of imidazole rings is 1. The molecule has 1 aromatic carbocycles. The molecule has 1 atom stereocenters. The summed E-state index contributed by atoms with van der Waals surface area (Å²) in [5.74, 6) is 0.540. The van der Waals surface area contributed by atoms with Crippen molar-refractivity contribution in [1.82, 2.24) is 9.97 Å². The van der Waals surface area contributed by atoms with Crippen molar-refractivity contribution in [3.8, 4) is 17.0 Å². The number of ether oxygens (including phenoxy) is 1. The number of benzene rings is 1. The molecule has 96 valence electrons. The minimum atomic E-state index is -0.397. The second-order valence-electron chi connectivity index (χ2n) is 4.05. The second-order valence-corrected chi connectivity index (χ2v) is 4.05. The fourth-order valence-corrected chi connectivity index (χ4v) is 1.70. The monoisotopic (exact) mass is 249 g/mol. The molecule has 5 heteroatoms. The number of aromatic nitrogens is 2. The summed E-state index contributed by atoms with van der Waals surface area (Å²) in [5.41, 5.74) is 7.34. The Kier molecular flexibility index (Phi) is 3.62. The van der Waals surface area contributed by atoms with Crippen molar-refractivity contribution in [2.75, 3.05) is 7.11 Å². The van der Waals surface area contributed by atoms with Gasteiger partial charge in [-0.05, 0) is 24.6 Å². The molecule has 0 saturated carbocycles. The first-order chi connectivity index (χ1) is 8.65. The van der Waals surface area contributed by atoms with Gasteiger partial charge in [0.15, 0.2) is 11.6 Å². The zero-order chi connectivity index (χ0) is 13.1. The highest BCUT2D eigenvalue weighted by molar-refractivity contribution is 5.60. The maximum atomic E-state index is 13.6. The van der Waals surface area contributed by atoms with E-state index in [0.29, 0.717) is 5.82 Å². The molecule has 0 aliphatic heterocycles.